The summed E-state index contributed by atoms with van der Waals surface area (Å²) in [6, 6.07) is 6.75. The van der Waals surface area contributed by atoms with Gasteiger partial charge in [0.15, 0.2) is 0 Å². The van der Waals surface area contributed by atoms with Gasteiger partial charge in [0.05, 0.1) is 5.60 Å². The SMILES string of the molecule is CCOC(C)(C)CNC(C)c1cccc(OC(F)F)c1. The molecule has 1 N–H and O–H groups in total. The molecule has 1 aromatic rings. The Balaban J connectivity index is 2.61. The van der Waals surface area contributed by atoms with Gasteiger partial charge in [0.25, 0.3) is 0 Å². The van der Waals surface area contributed by atoms with Crippen molar-refractivity contribution in [2.75, 3.05) is 13.2 Å². The average Bonchev–Trinajstić information content (AvgIpc) is 2.35. The first-order valence-corrected chi connectivity index (χ1v) is 6.76. The van der Waals surface area contributed by atoms with Gasteiger partial charge < -0.3 is 14.8 Å². The molecule has 1 atom stereocenters. The second-order valence-electron chi connectivity index (χ2n) is 5.25. The second-order valence-corrected chi connectivity index (χ2v) is 5.25. The third kappa shape index (κ3) is 5.84. The first-order chi connectivity index (χ1) is 9.34. The summed E-state index contributed by atoms with van der Waals surface area (Å²) in [6.45, 7) is 6.46. The van der Waals surface area contributed by atoms with Crippen LogP contribution in [0.4, 0.5) is 8.78 Å². The molecule has 1 unspecified atom stereocenters. The Labute approximate surface area is 119 Å². The lowest BCUT2D eigenvalue weighted by atomic mass is 10.1. The van der Waals surface area contributed by atoms with Crippen LogP contribution in [0.1, 0.15) is 39.3 Å². The van der Waals surface area contributed by atoms with Crippen LogP contribution in [0, 0.1) is 0 Å². The van der Waals surface area contributed by atoms with Gasteiger partial charge in [0.2, 0.25) is 0 Å². The van der Waals surface area contributed by atoms with Crippen LogP contribution < -0.4 is 10.1 Å². The largest absolute Gasteiger partial charge is 0.435 e. The normalized spacial score (nSPS) is 13.6. The number of rotatable bonds is 8. The first kappa shape index (κ1) is 16.9. The predicted molar refractivity (Wildman–Crippen MR) is 75.2 cm³/mol. The van der Waals surface area contributed by atoms with E-state index in [0.717, 1.165) is 5.56 Å². The maximum atomic E-state index is 12.2. The van der Waals surface area contributed by atoms with Crippen molar-refractivity contribution in [1.29, 1.82) is 0 Å². The monoisotopic (exact) mass is 287 g/mol. The highest BCUT2D eigenvalue weighted by Crippen LogP contribution is 2.21. The summed E-state index contributed by atoms with van der Waals surface area (Å²) in [5.41, 5.74) is 0.635. The summed E-state index contributed by atoms with van der Waals surface area (Å²) in [5, 5.41) is 3.34. The van der Waals surface area contributed by atoms with Gasteiger partial charge in [-0.1, -0.05) is 12.1 Å². The molecule has 114 valence electrons. The van der Waals surface area contributed by atoms with Crippen molar-refractivity contribution in [2.45, 2.75) is 45.9 Å². The Kier molecular flexibility index (Phi) is 6.36. The zero-order chi connectivity index (χ0) is 15.2. The fraction of sp³-hybridized carbons (Fsp3) is 0.600. The lowest BCUT2D eigenvalue weighted by Crippen LogP contribution is -2.38. The Morgan fingerprint density at radius 2 is 2.00 bits per heavy atom. The molecule has 20 heavy (non-hydrogen) atoms. The molecule has 0 amide bonds. The van der Waals surface area contributed by atoms with E-state index >= 15 is 0 Å². The molecule has 1 rings (SSSR count). The molecule has 1 aromatic carbocycles. The number of alkyl halides is 2. The lowest BCUT2D eigenvalue weighted by Gasteiger charge is -2.27. The molecule has 5 heteroatoms. The van der Waals surface area contributed by atoms with Gasteiger partial charge in [-0.3, -0.25) is 0 Å². The molecule has 0 saturated carbocycles. The van der Waals surface area contributed by atoms with E-state index in [-0.39, 0.29) is 17.4 Å². The van der Waals surface area contributed by atoms with E-state index in [1.54, 1.807) is 12.1 Å². The molecule has 0 aliphatic rings. The highest BCUT2D eigenvalue weighted by atomic mass is 19.3. The van der Waals surface area contributed by atoms with Crippen LogP contribution in [0.15, 0.2) is 24.3 Å². The summed E-state index contributed by atoms with van der Waals surface area (Å²) in [6.07, 6.45) is 0. The van der Waals surface area contributed by atoms with Gasteiger partial charge in [0.1, 0.15) is 5.75 Å². The van der Waals surface area contributed by atoms with Gasteiger partial charge in [-0.25, -0.2) is 0 Å². The number of benzene rings is 1. The average molecular weight is 287 g/mol. The molecule has 3 nitrogen and oxygen atoms in total. The minimum Gasteiger partial charge on any atom is -0.435 e. The molecule has 0 radical (unpaired) electrons. The molecular formula is C15H23F2NO2. The van der Waals surface area contributed by atoms with Gasteiger partial charge in [0, 0.05) is 19.2 Å². The molecule has 0 aromatic heterocycles. The van der Waals surface area contributed by atoms with Crippen molar-refractivity contribution in [2.24, 2.45) is 0 Å². The van der Waals surface area contributed by atoms with Crippen LogP contribution in [-0.4, -0.2) is 25.4 Å². The van der Waals surface area contributed by atoms with Crippen molar-refractivity contribution in [1.82, 2.24) is 5.32 Å². The van der Waals surface area contributed by atoms with E-state index in [0.29, 0.717) is 13.2 Å². The van der Waals surface area contributed by atoms with E-state index in [2.05, 4.69) is 10.1 Å². The van der Waals surface area contributed by atoms with E-state index in [4.69, 9.17) is 4.74 Å². The second kappa shape index (κ2) is 7.55. The Morgan fingerprint density at radius 1 is 1.30 bits per heavy atom. The summed E-state index contributed by atoms with van der Waals surface area (Å²) >= 11 is 0. The standard InChI is InChI=1S/C15H23F2NO2/c1-5-19-15(3,4)10-18-11(2)12-7-6-8-13(9-12)20-14(16)17/h6-9,11,14,18H,5,10H2,1-4H3. The molecular weight excluding hydrogens is 264 g/mol. The number of hydrogen-bond donors (Lipinski definition) is 1. The Morgan fingerprint density at radius 3 is 2.60 bits per heavy atom. The number of hydrogen-bond acceptors (Lipinski definition) is 3. The van der Waals surface area contributed by atoms with Crippen molar-refractivity contribution < 1.29 is 18.3 Å². The third-order valence-electron chi connectivity index (χ3n) is 2.95. The van der Waals surface area contributed by atoms with Crippen LogP contribution in [0.2, 0.25) is 0 Å². The number of nitrogens with one attached hydrogen (secondary N) is 1. The molecule has 0 aliphatic heterocycles. The van der Waals surface area contributed by atoms with E-state index < -0.39 is 6.61 Å². The van der Waals surface area contributed by atoms with Crippen LogP contribution in [0.5, 0.6) is 5.75 Å². The smallest absolute Gasteiger partial charge is 0.387 e. The fourth-order valence-electron chi connectivity index (χ4n) is 1.92. The Bertz CT molecular complexity index is 411. The summed E-state index contributed by atoms with van der Waals surface area (Å²) in [7, 11) is 0. The lowest BCUT2D eigenvalue weighted by molar-refractivity contribution is -0.0499. The van der Waals surface area contributed by atoms with E-state index in [1.807, 2.05) is 33.8 Å². The molecule has 0 aliphatic carbocycles. The van der Waals surface area contributed by atoms with Crippen molar-refractivity contribution in [3.05, 3.63) is 29.8 Å². The van der Waals surface area contributed by atoms with E-state index in [1.165, 1.54) is 6.07 Å². The maximum absolute atomic E-state index is 12.2. The Hall–Kier alpha value is -1.20. The maximum Gasteiger partial charge on any atom is 0.387 e. The number of halogens is 2. The summed E-state index contributed by atoms with van der Waals surface area (Å²) in [4.78, 5) is 0. The van der Waals surface area contributed by atoms with Crippen molar-refractivity contribution in [3.8, 4) is 5.75 Å². The number of ether oxygens (including phenoxy) is 2. The van der Waals surface area contributed by atoms with E-state index in [9.17, 15) is 8.78 Å². The van der Waals surface area contributed by atoms with Gasteiger partial charge >= 0.3 is 6.61 Å². The zero-order valence-electron chi connectivity index (χ0n) is 12.5. The molecule has 0 bridgehead atoms. The van der Waals surface area contributed by atoms with Crippen LogP contribution >= 0.6 is 0 Å². The third-order valence-corrected chi connectivity index (χ3v) is 2.95. The van der Waals surface area contributed by atoms with Crippen LogP contribution in [0.25, 0.3) is 0 Å². The van der Waals surface area contributed by atoms with Gasteiger partial charge in [-0.2, -0.15) is 8.78 Å². The van der Waals surface area contributed by atoms with Crippen LogP contribution in [-0.2, 0) is 4.74 Å². The molecule has 0 saturated heterocycles. The summed E-state index contributed by atoms with van der Waals surface area (Å²) in [5.74, 6) is 0.176. The van der Waals surface area contributed by atoms with Crippen LogP contribution in [0.3, 0.4) is 0 Å². The predicted octanol–water partition coefficient (Wildman–Crippen LogP) is 3.75. The molecule has 0 fully saturated rings. The fourth-order valence-corrected chi connectivity index (χ4v) is 1.92. The minimum absolute atomic E-state index is 0.0240. The van der Waals surface area contributed by atoms with Crippen molar-refractivity contribution in [3.63, 3.8) is 0 Å². The minimum atomic E-state index is -2.80. The molecule has 0 heterocycles. The highest BCUT2D eigenvalue weighted by molar-refractivity contribution is 5.30. The van der Waals surface area contributed by atoms with Gasteiger partial charge in [-0.15, -0.1) is 0 Å². The van der Waals surface area contributed by atoms with Crippen molar-refractivity contribution >= 4 is 0 Å². The summed E-state index contributed by atoms with van der Waals surface area (Å²) < 4.78 is 34.4. The molecule has 0 spiro atoms. The van der Waals surface area contributed by atoms with Gasteiger partial charge in [-0.05, 0) is 45.4 Å². The first-order valence-electron chi connectivity index (χ1n) is 6.76. The zero-order valence-corrected chi connectivity index (χ0v) is 12.5. The highest BCUT2D eigenvalue weighted by Gasteiger charge is 2.19. The quantitative estimate of drug-likeness (QED) is 0.790. The topological polar surface area (TPSA) is 30.5 Å².